The third-order valence-corrected chi connectivity index (χ3v) is 4.30. The van der Waals surface area contributed by atoms with Gasteiger partial charge in [0.2, 0.25) is 0 Å². The molecule has 3 heteroatoms. The van der Waals surface area contributed by atoms with E-state index in [9.17, 15) is 0 Å². The van der Waals surface area contributed by atoms with Crippen molar-refractivity contribution in [3.8, 4) is 0 Å². The number of imidazole rings is 1. The van der Waals surface area contributed by atoms with E-state index in [1.54, 1.807) is 0 Å². The molecule has 1 fully saturated rings. The molecule has 0 amide bonds. The van der Waals surface area contributed by atoms with Gasteiger partial charge in [0.1, 0.15) is 5.82 Å². The molecule has 102 valence electrons. The Kier molecular flexibility index (Phi) is 3.81. The Bertz CT molecular complexity index is 392. The van der Waals surface area contributed by atoms with Gasteiger partial charge in [0.25, 0.3) is 0 Å². The number of aromatic nitrogens is 2. The van der Waals surface area contributed by atoms with Crippen LogP contribution in [-0.2, 0) is 0 Å². The van der Waals surface area contributed by atoms with Crippen LogP contribution in [0.1, 0.15) is 64.7 Å². The van der Waals surface area contributed by atoms with Crippen LogP contribution in [0, 0.1) is 5.41 Å². The van der Waals surface area contributed by atoms with Crippen LogP contribution >= 0.6 is 0 Å². The number of hydrogen-bond donors (Lipinski definition) is 1. The largest absolute Gasteiger partial charge is 0.330 e. The lowest BCUT2D eigenvalue weighted by atomic mass is 9.72. The van der Waals surface area contributed by atoms with Crippen LogP contribution in [-0.4, -0.2) is 22.6 Å². The molecule has 1 aliphatic carbocycles. The van der Waals surface area contributed by atoms with E-state index < -0.39 is 0 Å². The minimum absolute atomic E-state index is 0.441. The molecule has 2 rings (SSSR count). The molecule has 2 unspecified atom stereocenters. The van der Waals surface area contributed by atoms with Crippen molar-refractivity contribution in [1.29, 1.82) is 0 Å². The monoisotopic (exact) mass is 249 g/mol. The average Bonchev–Trinajstić information content (AvgIpc) is 2.76. The molecule has 18 heavy (non-hydrogen) atoms. The van der Waals surface area contributed by atoms with Gasteiger partial charge in [-0.1, -0.05) is 27.7 Å². The average molecular weight is 249 g/mol. The summed E-state index contributed by atoms with van der Waals surface area (Å²) in [6.07, 6.45) is 7.90. The highest BCUT2D eigenvalue weighted by atomic mass is 15.1. The third kappa shape index (κ3) is 2.61. The predicted octanol–water partition coefficient (Wildman–Crippen LogP) is 3.35. The summed E-state index contributed by atoms with van der Waals surface area (Å²) in [4.78, 5) is 4.54. The van der Waals surface area contributed by atoms with E-state index in [1.807, 2.05) is 6.20 Å². The van der Waals surface area contributed by atoms with E-state index in [2.05, 4.69) is 55.8 Å². The van der Waals surface area contributed by atoms with Crippen LogP contribution < -0.4 is 5.32 Å². The Hall–Kier alpha value is -0.830. The number of rotatable bonds is 3. The first kappa shape index (κ1) is 13.6. The molecule has 0 saturated heterocycles. The standard InChI is InChI=1S/C15H27N3/c1-11(2)14-17-8-9-18(14)13-10-15(3,4)7-6-12(13)16-5/h8-9,11-13,16H,6-7,10H2,1-5H3. The van der Waals surface area contributed by atoms with Crippen molar-refractivity contribution >= 4 is 0 Å². The highest BCUT2D eigenvalue weighted by Gasteiger charge is 2.35. The molecule has 1 heterocycles. The molecule has 1 aromatic rings. The molecule has 0 aliphatic heterocycles. The van der Waals surface area contributed by atoms with Gasteiger partial charge in [-0.25, -0.2) is 4.98 Å². The Morgan fingerprint density at radius 1 is 1.44 bits per heavy atom. The second kappa shape index (κ2) is 5.04. The smallest absolute Gasteiger partial charge is 0.111 e. The van der Waals surface area contributed by atoms with E-state index >= 15 is 0 Å². The highest BCUT2D eigenvalue weighted by Crippen LogP contribution is 2.41. The van der Waals surface area contributed by atoms with Crippen LogP contribution in [0.15, 0.2) is 12.4 Å². The van der Waals surface area contributed by atoms with Gasteiger partial charge < -0.3 is 9.88 Å². The van der Waals surface area contributed by atoms with Gasteiger partial charge in [-0.2, -0.15) is 0 Å². The summed E-state index contributed by atoms with van der Waals surface area (Å²) in [5.41, 5.74) is 0.441. The number of hydrogen-bond acceptors (Lipinski definition) is 2. The maximum absolute atomic E-state index is 4.54. The van der Waals surface area contributed by atoms with Gasteiger partial charge in [0, 0.05) is 24.4 Å². The lowest BCUT2D eigenvalue weighted by molar-refractivity contribution is 0.144. The van der Waals surface area contributed by atoms with Crippen LogP contribution in [0.2, 0.25) is 0 Å². The van der Waals surface area contributed by atoms with Crippen molar-refractivity contribution in [2.45, 2.75) is 65.0 Å². The summed E-state index contributed by atoms with van der Waals surface area (Å²) in [7, 11) is 2.09. The molecule has 1 N–H and O–H groups in total. The first-order valence-electron chi connectivity index (χ1n) is 7.14. The zero-order valence-corrected chi connectivity index (χ0v) is 12.4. The fourth-order valence-corrected chi connectivity index (χ4v) is 3.23. The molecular formula is C15H27N3. The lowest BCUT2D eigenvalue weighted by Crippen LogP contribution is -2.42. The molecule has 0 aromatic carbocycles. The highest BCUT2D eigenvalue weighted by molar-refractivity contribution is 5.04. The fraction of sp³-hybridized carbons (Fsp3) is 0.800. The molecule has 0 radical (unpaired) electrons. The number of nitrogens with one attached hydrogen (secondary N) is 1. The second-order valence-electron chi connectivity index (χ2n) is 6.72. The van der Waals surface area contributed by atoms with Gasteiger partial charge in [0.15, 0.2) is 0 Å². The first-order valence-corrected chi connectivity index (χ1v) is 7.14. The Morgan fingerprint density at radius 2 is 2.17 bits per heavy atom. The van der Waals surface area contributed by atoms with Crippen molar-refractivity contribution in [3.63, 3.8) is 0 Å². The molecule has 1 aliphatic rings. The number of nitrogens with zero attached hydrogens (tertiary/aromatic N) is 2. The van der Waals surface area contributed by atoms with E-state index in [1.165, 1.54) is 25.1 Å². The van der Waals surface area contributed by atoms with Crippen LogP contribution in [0.25, 0.3) is 0 Å². The molecule has 2 atom stereocenters. The van der Waals surface area contributed by atoms with Gasteiger partial charge >= 0.3 is 0 Å². The number of likely N-dealkylation sites (N-methyl/N-ethyl adjacent to an activating group) is 1. The van der Waals surface area contributed by atoms with Crippen LogP contribution in [0.5, 0.6) is 0 Å². The van der Waals surface area contributed by atoms with E-state index in [0.717, 1.165) is 0 Å². The molecule has 1 saturated carbocycles. The van der Waals surface area contributed by atoms with Crippen molar-refractivity contribution in [3.05, 3.63) is 18.2 Å². The zero-order chi connectivity index (χ0) is 13.3. The topological polar surface area (TPSA) is 29.9 Å². The molecule has 1 aromatic heterocycles. The van der Waals surface area contributed by atoms with Gasteiger partial charge in [-0.05, 0) is 31.7 Å². The zero-order valence-electron chi connectivity index (χ0n) is 12.4. The Balaban J connectivity index is 2.30. The van der Waals surface area contributed by atoms with E-state index in [-0.39, 0.29) is 0 Å². The van der Waals surface area contributed by atoms with Crippen molar-refractivity contribution in [2.24, 2.45) is 5.41 Å². The summed E-state index contributed by atoms with van der Waals surface area (Å²) in [5, 5.41) is 3.50. The van der Waals surface area contributed by atoms with Crippen LogP contribution in [0.3, 0.4) is 0 Å². The predicted molar refractivity (Wildman–Crippen MR) is 75.8 cm³/mol. The van der Waals surface area contributed by atoms with Crippen molar-refractivity contribution in [2.75, 3.05) is 7.05 Å². The van der Waals surface area contributed by atoms with Gasteiger partial charge in [-0.3, -0.25) is 0 Å². The quantitative estimate of drug-likeness (QED) is 0.890. The molecule has 0 bridgehead atoms. The summed E-state index contributed by atoms with van der Waals surface area (Å²) < 4.78 is 2.41. The molecule has 0 spiro atoms. The Morgan fingerprint density at radius 3 is 2.78 bits per heavy atom. The van der Waals surface area contributed by atoms with Crippen LogP contribution in [0.4, 0.5) is 0 Å². The maximum atomic E-state index is 4.54. The van der Waals surface area contributed by atoms with E-state index in [4.69, 9.17) is 0 Å². The normalized spacial score (nSPS) is 27.7. The summed E-state index contributed by atoms with van der Waals surface area (Å²) in [6.45, 7) is 9.22. The summed E-state index contributed by atoms with van der Waals surface area (Å²) in [6, 6.07) is 1.11. The van der Waals surface area contributed by atoms with Gasteiger partial charge in [-0.15, -0.1) is 0 Å². The SMILES string of the molecule is CNC1CCC(C)(C)CC1n1ccnc1C(C)C. The summed E-state index contributed by atoms with van der Waals surface area (Å²) >= 11 is 0. The maximum Gasteiger partial charge on any atom is 0.111 e. The van der Waals surface area contributed by atoms with Crippen molar-refractivity contribution < 1.29 is 0 Å². The Labute approximate surface area is 111 Å². The fourth-order valence-electron chi connectivity index (χ4n) is 3.23. The lowest BCUT2D eigenvalue weighted by Gasteiger charge is -2.42. The first-order chi connectivity index (χ1) is 8.44. The third-order valence-electron chi connectivity index (χ3n) is 4.30. The van der Waals surface area contributed by atoms with Crippen molar-refractivity contribution in [1.82, 2.24) is 14.9 Å². The van der Waals surface area contributed by atoms with E-state index in [0.29, 0.717) is 23.4 Å². The minimum Gasteiger partial charge on any atom is -0.330 e. The second-order valence-corrected chi connectivity index (χ2v) is 6.72. The molecular weight excluding hydrogens is 222 g/mol. The molecule has 3 nitrogen and oxygen atoms in total. The summed E-state index contributed by atoms with van der Waals surface area (Å²) in [5.74, 6) is 1.71. The van der Waals surface area contributed by atoms with Gasteiger partial charge in [0.05, 0.1) is 6.04 Å². The minimum atomic E-state index is 0.441.